The van der Waals surface area contributed by atoms with Gasteiger partial charge in [-0.05, 0) is 6.92 Å². The van der Waals surface area contributed by atoms with Crippen molar-refractivity contribution < 1.29 is 48.0 Å². The second kappa shape index (κ2) is 9.71. The van der Waals surface area contributed by atoms with Gasteiger partial charge in [0.2, 0.25) is 5.91 Å². The van der Waals surface area contributed by atoms with Gasteiger partial charge in [0.15, 0.2) is 0 Å². The fraction of sp³-hybridized carbons (Fsp3) is 0.529. The summed E-state index contributed by atoms with van der Waals surface area (Å²) in [6.45, 7) is 1.15. The van der Waals surface area contributed by atoms with Crippen LogP contribution in [0.4, 0.5) is 0 Å². The molecule has 1 atom stereocenters. The quantitative estimate of drug-likeness (QED) is 0.426. The van der Waals surface area contributed by atoms with Crippen LogP contribution in [0, 0.1) is 0 Å². The van der Waals surface area contributed by atoms with Crippen LogP contribution in [0.1, 0.15) is 51.9 Å². The lowest BCUT2D eigenvalue weighted by Crippen LogP contribution is -2.46. The Hall–Kier alpha value is -3.64. The molecule has 0 aromatic rings. The fourth-order valence-corrected chi connectivity index (χ4v) is 2.58. The zero-order valence-electron chi connectivity index (χ0n) is 16.0. The van der Waals surface area contributed by atoms with Crippen LogP contribution in [-0.2, 0) is 48.0 Å². The highest BCUT2D eigenvalue weighted by molar-refractivity contribution is 6.02. The SMILES string of the molecule is CC(=O)CC(NC(=O)CCC(=O)ON1C(=O)CCC1=O)C(=O)ON1C(=O)CCC1=O. The van der Waals surface area contributed by atoms with Crippen molar-refractivity contribution in [3.8, 4) is 0 Å². The number of ketones is 1. The first-order valence-corrected chi connectivity index (χ1v) is 9.01. The summed E-state index contributed by atoms with van der Waals surface area (Å²) in [4.78, 5) is 102. The molecule has 13 heteroatoms. The van der Waals surface area contributed by atoms with E-state index < -0.39 is 72.6 Å². The molecule has 2 heterocycles. The molecule has 30 heavy (non-hydrogen) atoms. The Balaban J connectivity index is 1.87. The number of amides is 5. The van der Waals surface area contributed by atoms with Crippen LogP contribution in [0.25, 0.3) is 0 Å². The molecule has 0 bridgehead atoms. The van der Waals surface area contributed by atoms with Crippen LogP contribution in [0.3, 0.4) is 0 Å². The molecule has 0 spiro atoms. The van der Waals surface area contributed by atoms with Gasteiger partial charge in [-0.25, -0.2) is 9.59 Å². The number of hydrogen-bond donors (Lipinski definition) is 1. The van der Waals surface area contributed by atoms with Gasteiger partial charge >= 0.3 is 11.9 Å². The number of Topliss-reactive ketones (excluding diaryl/α,β-unsaturated/α-hetero) is 1. The molecule has 2 saturated heterocycles. The van der Waals surface area contributed by atoms with Crippen molar-refractivity contribution in [2.24, 2.45) is 0 Å². The first-order valence-electron chi connectivity index (χ1n) is 9.01. The molecule has 0 saturated carbocycles. The van der Waals surface area contributed by atoms with E-state index in [0.29, 0.717) is 5.06 Å². The van der Waals surface area contributed by atoms with Crippen LogP contribution >= 0.6 is 0 Å². The van der Waals surface area contributed by atoms with E-state index in [-0.39, 0.29) is 30.7 Å². The van der Waals surface area contributed by atoms with Crippen molar-refractivity contribution in [1.29, 1.82) is 0 Å². The van der Waals surface area contributed by atoms with Gasteiger partial charge in [-0.15, -0.1) is 10.1 Å². The van der Waals surface area contributed by atoms with E-state index in [4.69, 9.17) is 4.84 Å². The number of imide groups is 2. The highest BCUT2D eigenvalue weighted by Crippen LogP contribution is 2.14. The topological polar surface area (TPSA) is 174 Å². The minimum atomic E-state index is -1.49. The molecule has 162 valence electrons. The van der Waals surface area contributed by atoms with E-state index in [0.717, 1.165) is 6.92 Å². The van der Waals surface area contributed by atoms with Crippen LogP contribution in [-0.4, -0.2) is 63.4 Å². The predicted octanol–water partition coefficient (Wildman–Crippen LogP) is -1.56. The maximum absolute atomic E-state index is 12.2. The highest BCUT2D eigenvalue weighted by atomic mass is 16.7. The molecule has 1 N–H and O–H groups in total. The Morgan fingerprint density at radius 3 is 1.77 bits per heavy atom. The summed E-state index contributed by atoms with van der Waals surface area (Å²) in [5.41, 5.74) is 0. The maximum Gasteiger partial charge on any atom is 0.355 e. The summed E-state index contributed by atoms with van der Waals surface area (Å²) in [6, 6.07) is -1.49. The van der Waals surface area contributed by atoms with E-state index in [1.54, 1.807) is 0 Å². The third-order valence-electron chi connectivity index (χ3n) is 4.05. The Morgan fingerprint density at radius 2 is 1.30 bits per heavy atom. The third-order valence-corrected chi connectivity index (χ3v) is 4.05. The zero-order valence-corrected chi connectivity index (χ0v) is 16.0. The Bertz CT molecular complexity index is 789. The molecule has 1 unspecified atom stereocenters. The molecule has 13 nitrogen and oxygen atoms in total. The van der Waals surface area contributed by atoms with Crippen molar-refractivity contribution in [1.82, 2.24) is 15.4 Å². The molecule has 2 aliphatic rings. The maximum atomic E-state index is 12.2. The molecule has 0 aliphatic carbocycles. The predicted molar refractivity (Wildman–Crippen MR) is 90.8 cm³/mol. The van der Waals surface area contributed by atoms with E-state index in [1.807, 2.05) is 0 Å². The second-order valence-corrected chi connectivity index (χ2v) is 6.56. The number of hydroxylamine groups is 4. The Labute approximate surface area is 169 Å². The number of hydrogen-bond acceptors (Lipinski definition) is 10. The molecule has 5 amide bonds. The van der Waals surface area contributed by atoms with Gasteiger partial charge in [0.25, 0.3) is 23.6 Å². The third kappa shape index (κ3) is 5.93. The molecule has 0 radical (unpaired) electrons. The normalized spacial score (nSPS) is 17.2. The smallest absolute Gasteiger partial charge is 0.342 e. The van der Waals surface area contributed by atoms with Crippen molar-refractivity contribution in [3.63, 3.8) is 0 Å². The average Bonchev–Trinajstić information content (AvgIpc) is 3.15. The minimum Gasteiger partial charge on any atom is -0.342 e. The van der Waals surface area contributed by atoms with E-state index in [2.05, 4.69) is 10.2 Å². The molecular weight excluding hydrogens is 406 g/mol. The summed E-state index contributed by atoms with van der Waals surface area (Å²) in [7, 11) is 0. The summed E-state index contributed by atoms with van der Waals surface area (Å²) >= 11 is 0. The van der Waals surface area contributed by atoms with Crippen LogP contribution in [0.5, 0.6) is 0 Å². The number of nitrogens with one attached hydrogen (secondary N) is 1. The summed E-state index contributed by atoms with van der Waals surface area (Å²) in [6.07, 6.45) is -1.89. The lowest BCUT2D eigenvalue weighted by Gasteiger charge is -2.19. The lowest BCUT2D eigenvalue weighted by atomic mass is 10.1. The molecule has 0 aromatic carbocycles. The van der Waals surface area contributed by atoms with E-state index in [1.165, 1.54) is 0 Å². The molecule has 2 fully saturated rings. The van der Waals surface area contributed by atoms with E-state index >= 15 is 0 Å². The highest BCUT2D eigenvalue weighted by Gasteiger charge is 2.36. The van der Waals surface area contributed by atoms with E-state index in [9.17, 15) is 38.4 Å². The van der Waals surface area contributed by atoms with Gasteiger partial charge < -0.3 is 15.0 Å². The Kier molecular flexibility index (Phi) is 7.33. The summed E-state index contributed by atoms with van der Waals surface area (Å²) in [5, 5.41) is 2.79. The zero-order chi connectivity index (χ0) is 22.4. The van der Waals surface area contributed by atoms with Gasteiger partial charge in [0, 0.05) is 38.5 Å². The number of nitrogens with zero attached hydrogens (tertiary/aromatic N) is 2. The van der Waals surface area contributed by atoms with Gasteiger partial charge in [-0.3, -0.25) is 28.8 Å². The van der Waals surface area contributed by atoms with Gasteiger partial charge in [-0.2, -0.15) is 0 Å². The average molecular weight is 425 g/mol. The standard InChI is InChI=1S/C17H19N3O10/c1-9(21)8-10(17(28)30-20-14(25)5-6-15(20)26)18-11(22)2-7-16(27)29-19-12(23)3-4-13(19)24/h10H,2-8H2,1H3,(H,18,22). The number of rotatable bonds is 9. The molecule has 2 aliphatic heterocycles. The molecular formula is C17H19N3O10. The monoisotopic (exact) mass is 425 g/mol. The molecule has 0 aromatic heterocycles. The largest absolute Gasteiger partial charge is 0.355 e. The van der Waals surface area contributed by atoms with Gasteiger partial charge in [0.1, 0.15) is 11.8 Å². The second-order valence-electron chi connectivity index (χ2n) is 6.56. The van der Waals surface area contributed by atoms with Gasteiger partial charge in [-0.1, -0.05) is 0 Å². The van der Waals surface area contributed by atoms with Crippen molar-refractivity contribution in [2.45, 2.75) is 57.9 Å². The minimum absolute atomic E-state index is 0.0799. The van der Waals surface area contributed by atoms with Crippen molar-refractivity contribution in [3.05, 3.63) is 0 Å². The molecule has 2 rings (SSSR count). The number of carbonyl (C=O) groups excluding carboxylic acids is 8. The first-order chi connectivity index (χ1) is 14.1. The summed E-state index contributed by atoms with van der Waals surface area (Å²) in [5.74, 6) is -6.34. The number of carbonyl (C=O) groups is 8. The summed E-state index contributed by atoms with van der Waals surface area (Å²) < 4.78 is 0. The lowest BCUT2D eigenvalue weighted by molar-refractivity contribution is -0.199. The van der Waals surface area contributed by atoms with Crippen LogP contribution < -0.4 is 5.32 Å². The van der Waals surface area contributed by atoms with Crippen LogP contribution in [0.15, 0.2) is 0 Å². The van der Waals surface area contributed by atoms with Crippen molar-refractivity contribution >= 4 is 47.3 Å². The van der Waals surface area contributed by atoms with Crippen LogP contribution in [0.2, 0.25) is 0 Å². The van der Waals surface area contributed by atoms with Crippen molar-refractivity contribution in [2.75, 3.05) is 0 Å². The first kappa shape index (κ1) is 22.6. The fourth-order valence-electron chi connectivity index (χ4n) is 2.58. The Morgan fingerprint density at radius 1 is 0.833 bits per heavy atom. The van der Waals surface area contributed by atoms with Gasteiger partial charge in [0.05, 0.1) is 6.42 Å².